The third-order valence-electron chi connectivity index (χ3n) is 4.14. The molecule has 1 aromatic rings. The van der Waals surface area contributed by atoms with Crippen molar-refractivity contribution in [2.45, 2.75) is 38.6 Å². The molecule has 5 heteroatoms. The van der Waals surface area contributed by atoms with E-state index < -0.39 is 11.4 Å². The van der Waals surface area contributed by atoms with E-state index in [4.69, 9.17) is 16.3 Å². The maximum absolute atomic E-state index is 13.4. The van der Waals surface area contributed by atoms with E-state index in [-0.39, 0.29) is 17.4 Å². The van der Waals surface area contributed by atoms with Gasteiger partial charge >= 0.3 is 5.97 Å². The Bertz CT molecular complexity index is 517. The first-order valence-corrected chi connectivity index (χ1v) is 7.71. The van der Waals surface area contributed by atoms with Gasteiger partial charge in [-0.3, -0.25) is 9.69 Å². The molecule has 1 saturated heterocycles. The molecule has 0 aromatic heterocycles. The molecular weight excluding hydrogens is 293 g/mol. The van der Waals surface area contributed by atoms with E-state index in [1.54, 1.807) is 19.1 Å². The number of carbonyl (C=O) groups excluding carboxylic acids is 1. The van der Waals surface area contributed by atoms with Crippen LogP contribution in [-0.4, -0.2) is 30.6 Å². The average molecular weight is 314 g/mol. The zero-order chi connectivity index (χ0) is 15.5. The van der Waals surface area contributed by atoms with Gasteiger partial charge in [-0.25, -0.2) is 4.39 Å². The summed E-state index contributed by atoms with van der Waals surface area (Å²) in [5.41, 5.74) is 0.337. The highest BCUT2D eigenvalue weighted by molar-refractivity contribution is 6.30. The second-order valence-electron chi connectivity index (χ2n) is 5.58. The normalized spacial score (nSPS) is 18.5. The Morgan fingerprint density at radius 3 is 2.67 bits per heavy atom. The molecule has 0 radical (unpaired) electrons. The fourth-order valence-corrected chi connectivity index (χ4v) is 3.11. The minimum atomic E-state index is -0.514. The van der Waals surface area contributed by atoms with Crippen LogP contribution in [0.2, 0.25) is 5.02 Å². The standard InChI is InChI=1S/C16H21ClFNO2/c1-3-21-15(20)11-16(2,19-8-4-5-9-19)12-6-7-14(18)13(17)10-12/h6-7,10H,3-5,8-9,11H2,1-2H3. The number of hydrogen-bond donors (Lipinski definition) is 0. The third-order valence-corrected chi connectivity index (χ3v) is 4.43. The first-order valence-electron chi connectivity index (χ1n) is 7.33. The van der Waals surface area contributed by atoms with Crippen molar-refractivity contribution < 1.29 is 13.9 Å². The van der Waals surface area contributed by atoms with Crippen molar-refractivity contribution in [1.82, 2.24) is 4.90 Å². The van der Waals surface area contributed by atoms with Gasteiger partial charge in [0.05, 0.1) is 23.6 Å². The molecule has 1 unspecified atom stereocenters. The van der Waals surface area contributed by atoms with Crippen LogP contribution in [-0.2, 0) is 15.1 Å². The Morgan fingerprint density at radius 1 is 1.43 bits per heavy atom. The van der Waals surface area contributed by atoms with E-state index in [2.05, 4.69) is 4.90 Å². The second-order valence-corrected chi connectivity index (χ2v) is 5.99. The van der Waals surface area contributed by atoms with Crippen molar-refractivity contribution >= 4 is 17.6 Å². The van der Waals surface area contributed by atoms with Crippen molar-refractivity contribution in [2.24, 2.45) is 0 Å². The zero-order valence-electron chi connectivity index (χ0n) is 12.5. The van der Waals surface area contributed by atoms with Crippen LogP contribution in [0, 0.1) is 5.82 Å². The molecule has 0 spiro atoms. The number of halogens is 2. The fourth-order valence-electron chi connectivity index (χ4n) is 2.93. The van der Waals surface area contributed by atoms with Gasteiger partial charge in [-0.2, -0.15) is 0 Å². The third kappa shape index (κ3) is 3.55. The highest BCUT2D eigenvalue weighted by atomic mass is 35.5. The molecule has 0 aliphatic carbocycles. The molecule has 0 N–H and O–H groups in total. The van der Waals surface area contributed by atoms with Crippen LogP contribution in [0.4, 0.5) is 4.39 Å². The second kappa shape index (κ2) is 6.75. The van der Waals surface area contributed by atoms with E-state index in [1.807, 2.05) is 6.92 Å². The summed E-state index contributed by atoms with van der Waals surface area (Å²) in [6.07, 6.45) is 2.45. The summed E-state index contributed by atoms with van der Waals surface area (Å²) in [7, 11) is 0. The molecule has 0 amide bonds. The molecule has 1 atom stereocenters. The number of esters is 1. The topological polar surface area (TPSA) is 29.5 Å². The van der Waals surface area contributed by atoms with Gasteiger partial charge in [0.25, 0.3) is 0 Å². The Morgan fingerprint density at radius 2 is 2.10 bits per heavy atom. The summed E-state index contributed by atoms with van der Waals surface area (Å²) >= 11 is 5.91. The predicted octanol–water partition coefficient (Wildman–Crippen LogP) is 3.74. The summed E-state index contributed by atoms with van der Waals surface area (Å²) in [5.74, 6) is -0.687. The van der Waals surface area contributed by atoms with Crippen molar-refractivity contribution in [1.29, 1.82) is 0 Å². The van der Waals surface area contributed by atoms with Crippen molar-refractivity contribution in [2.75, 3.05) is 19.7 Å². The molecule has 1 aliphatic heterocycles. The first kappa shape index (κ1) is 16.2. The largest absolute Gasteiger partial charge is 0.466 e. The molecule has 3 nitrogen and oxygen atoms in total. The van der Waals surface area contributed by atoms with Crippen LogP contribution < -0.4 is 0 Å². The van der Waals surface area contributed by atoms with Crippen LogP contribution in [0.1, 0.15) is 38.7 Å². The minimum absolute atomic E-state index is 0.0850. The van der Waals surface area contributed by atoms with Crippen LogP contribution in [0.5, 0.6) is 0 Å². The quantitative estimate of drug-likeness (QED) is 0.776. The molecule has 1 fully saturated rings. The lowest BCUT2D eigenvalue weighted by Crippen LogP contribution is -2.44. The summed E-state index contributed by atoms with van der Waals surface area (Å²) in [6, 6.07) is 4.68. The Kier molecular flexibility index (Phi) is 5.22. The van der Waals surface area contributed by atoms with Crippen LogP contribution in [0.3, 0.4) is 0 Å². The summed E-state index contributed by atoms with van der Waals surface area (Å²) in [4.78, 5) is 14.2. The molecular formula is C16H21ClFNO2. The number of benzene rings is 1. The molecule has 1 aliphatic rings. The summed E-state index contributed by atoms with van der Waals surface area (Å²) < 4.78 is 18.5. The van der Waals surface area contributed by atoms with Gasteiger partial charge in [0.1, 0.15) is 5.82 Å². The summed E-state index contributed by atoms with van der Waals surface area (Å²) in [5, 5.41) is 0.0850. The minimum Gasteiger partial charge on any atom is -0.466 e. The lowest BCUT2D eigenvalue weighted by Gasteiger charge is -2.38. The molecule has 2 rings (SSSR count). The van der Waals surface area contributed by atoms with Crippen LogP contribution >= 0.6 is 11.6 Å². The first-order chi connectivity index (χ1) is 9.97. The molecule has 21 heavy (non-hydrogen) atoms. The highest BCUT2D eigenvalue weighted by Crippen LogP contribution is 2.36. The monoisotopic (exact) mass is 313 g/mol. The van der Waals surface area contributed by atoms with Crippen LogP contribution in [0.15, 0.2) is 18.2 Å². The van der Waals surface area contributed by atoms with Crippen molar-refractivity contribution in [3.8, 4) is 0 Å². The Balaban J connectivity index is 2.34. The number of nitrogens with zero attached hydrogens (tertiary/aromatic N) is 1. The predicted molar refractivity (Wildman–Crippen MR) is 80.8 cm³/mol. The van der Waals surface area contributed by atoms with Gasteiger partial charge in [0.2, 0.25) is 0 Å². The van der Waals surface area contributed by atoms with E-state index in [1.165, 1.54) is 6.07 Å². The lowest BCUT2D eigenvalue weighted by atomic mass is 9.87. The molecule has 0 saturated carbocycles. The van der Waals surface area contributed by atoms with E-state index in [0.717, 1.165) is 31.5 Å². The van der Waals surface area contributed by atoms with Gasteiger partial charge in [-0.05, 0) is 57.5 Å². The van der Waals surface area contributed by atoms with E-state index in [9.17, 15) is 9.18 Å². The number of rotatable bonds is 5. The van der Waals surface area contributed by atoms with Gasteiger partial charge in [0, 0.05) is 0 Å². The van der Waals surface area contributed by atoms with Gasteiger partial charge in [-0.15, -0.1) is 0 Å². The van der Waals surface area contributed by atoms with Gasteiger partial charge in [-0.1, -0.05) is 17.7 Å². The SMILES string of the molecule is CCOC(=O)CC(C)(c1ccc(F)c(Cl)c1)N1CCCC1. The Labute approximate surface area is 130 Å². The number of ether oxygens (including phenoxy) is 1. The number of hydrogen-bond acceptors (Lipinski definition) is 3. The lowest BCUT2D eigenvalue weighted by molar-refractivity contribution is -0.146. The zero-order valence-corrected chi connectivity index (χ0v) is 13.3. The molecule has 0 bridgehead atoms. The van der Waals surface area contributed by atoms with Crippen molar-refractivity contribution in [3.63, 3.8) is 0 Å². The number of likely N-dealkylation sites (tertiary alicyclic amines) is 1. The number of carbonyl (C=O) groups is 1. The van der Waals surface area contributed by atoms with Crippen molar-refractivity contribution in [3.05, 3.63) is 34.6 Å². The Hall–Kier alpha value is -1.13. The highest BCUT2D eigenvalue weighted by Gasteiger charge is 2.38. The summed E-state index contributed by atoms with van der Waals surface area (Å²) in [6.45, 7) is 5.99. The molecule has 116 valence electrons. The fraction of sp³-hybridized carbons (Fsp3) is 0.562. The van der Waals surface area contributed by atoms with Gasteiger partial charge in [0.15, 0.2) is 0 Å². The maximum atomic E-state index is 13.4. The smallest absolute Gasteiger partial charge is 0.307 e. The molecule has 1 heterocycles. The van der Waals surface area contributed by atoms with Crippen LogP contribution in [0.25, 0.3) is 0 Å². The molecule has 1 aromatic carbocycles. The average Bonchev–Trinajstić information content (AvgIpc) is 2.96. The maximum Gasteiger partial charge on any atom is 0.307 e. The van der Waals surface area contributed by atoms with E-state index in [0.29, 0.717) is 6.61 Å². The van der Waals surface area contributed by atoms with Gasteiger partial charge < -0.3 is 4.74 Å². The van der Waals surface area contributed by atoms with E-state index >= 15 is 0 Å².